The number of nitrogens with one attached hydrogen (secondary N) is 1. The van der Waals surface area contributed by atoms with E-state index in [2.05, 4.69) is 20.1 Å². The summed E-state index contributed by atoms with van der Waals surface area (Å²) in [5.41, 5.74) is 8.49. The molecule has 146 valence electrons. The average Bonchev–Trinajstić information content (AvgIpc) is 3.20. The number of aromatic nitrogens is 2. The molecule has 0 aliphatic heterocycles. The summed E-state index contributed by atoms with van der Waals surface area (Å²) >= 11 is 0. The Kier molecular flexibility index (Phi) is 5.83. The van der Waals surface area contributed by atoms with E-state index in [9.17, 15) is 13.2 Å². The van der Waals surface area contributed by atoms with Gasteiger partial charge in [-0.1, -0.05) is 24.3 Å². The summed E-state index contributed by atoms with van der Waals surface area (Å²) in [6.07, 6.45) is -1.15. The lowest BCUT2D eigenvalue weighted by Gasteiger charge is -2.10. The van der Waals surface area contributed by atoms with Gasteiger partial charge in [0.1, 0.15) is 5.75 Å². The van der Waals surface area contributed by atoms with Crippen LogP contribution in [0.15, 0.2) is 72.0 Å². The van der Waals surface area contributed by atoms with Gasteiger partial charge in [0.25, 0.3) is 0 Å². The Balaban J connectivity index is 1.53. The van der Waals surface area contributed by atoms with Gasteiger partial charge < -0.3 is 15.8 Å². The largest absolute Gasteiger partial charge is 0.573 e. The predicted octanol–water partition coefficient (Wildman–Crippen LogP) is 3.38. The van der Waals surface area contributed by atoms with Crippen LogP contribution in [0, 0.1) is 0 Å². The fraction of sp³-hybridized carbons (Fsp3) is 0.158. The van der Waals surface area contributed by atoms with Gasteiger partial charge in [-0.15, -0.1) is 13.2 Å². The van der Waals surface area contributed by atoms with Crippen molar-refractivity contribution in [3.05, 3.63) is 78.1 Å². The highest BCUT2D eigenvalue weighted by atomic mass is 19.4. The molecule has 0 aliphatic rings. The molecule has 0 atom stereocenters. The van der Waals surface area contributed by atoms with Crippen LogP contribution in [-0.2, 0) is 13.1 Å². The minimum Gasteiger partial charge on any atom is -0.406 e. The van der Waals surface area contributed by atoms with E-state index in [1.165, 1.54) is 24.3 Å². The number of rotatable bonds is 6. The van der Waals surface area contributed by atoms with E-state index in [1.807, 2.05) is 36.5 Å². The first-order chi connectivity index (χ1) is 13.4. The fourth-order valence-corrected chi connectivity index (χ4v) is 2.45. The zero-order valence-corrected chi connectivity index (χ0v) is 14.7. The number of halogens is 3. The van der Waals surface area contributed by atoms with Gasteiger partial charge in [0.15, 0.2) is 5.96 Å². The zero-order valence-electron chi connectivity index (χ0n) is 14.7. The van der Waals surface area contributed by atoms with Crippen LogP contribution in [0.1, 0.15) is 11.1 Å². The maximum absolute atomic E-state index is 12.2. The van der Waals surface area contributed by atoms with Crippen molar-refractivity contribution in [2.75, 3.05) is 0 Å². The molecule has 1 heterocycles. The summed E-state index contributed by atoms with van der Waals surface area (Å²) in [7, 11) is 0. The minimum absolute atomic E-state index is 0.236. The summed E-state index contributed by atoms with van der Waals surface area (Å²) in [6.45, 7) is 0.710. The smallest absolute Gasteiger partial charge is 0.406 e. The van der Waals surface area contributed by atoms with E-state index in [0.29, 0.717) is 13.1 Å². The van der Waals surface area contributed by atoms with Crippen LogP contribution in [0.3, 0.4) is 0 Å². The molecule has 9 heteroatoms. The zero-order chi connectivity index (χ0) is 20.0. The molecule has 0 spiro atoms. The van der Waals surface area contributed by atoms with Crippen LogP contribution in [-0.4, -0.2) is 22.1 Å². The van der Waals surface area contributed by atoms with E-state index in [0.717, 1.165) is 16.8 Å². The van der Waals surface area contributed by atoms with E-state index in [-0.39, 0.29) is 11.7 Å². The topological polar surface area (TPSA) is 77.5 Å². The van der Waals surface area contributed by atoms with Crippen LogP contribution in [0.4, 0.5) is 13.2 Å². The normalized spacial score (nSPS) is 12.0. The molecule has 6 nitrogen and oxygen atoms in total. The van der Waals surface area contributed by atoms with Crippen molar-refractivity contribution in [1.82, 2.24) is 15.1 Å². The Morgan fingerprint density at radius 1 is 1.11 bits per heavy atom. The molecule has 3 rings (SSSR count). The van der Waals surface area contributed by atoms with E-state index < -0.39 is 6.36 Å². The van der Waals surface area contributed by atoms with Gasteiger partial charge in [0, 0.05) is 18.9 Å². The van der Waals surface area contributed by atoms with E-state index >= 15 is 0 Å². The molecular weight excluding hydrogens is 371 g/mol. The number of nitrogens with zero attached hydrogens (tertiary/aromatic N) is 3. The van der Waals surface area contributed by atoms with Crippen LogP contribution >= 0.6 is 0 Å². The average molecular weight is 389 g/mol. The van der Waals surface area contributed by atoms with E-state index in [1.54, 1.807) is 10.9 Å². The number of alkyl halides is 3. The Hall–Kier alpha value is -3.49. The second-order valence-corrected chi connectivity index (χ2v) is 5.87. The maximum atomic E-state index is 12.2. The van der Waals surface area contributed by atoms with Crippen molar-refractivity contribution in [2.24, 2.45) is 10.7 Å². The van der Waals surface area contributed by atoms with Gasteiger partial charge in [-0.2, -0.15) is 5.10 Å². The number of hydrogen-bond donors (Lipinski definition) is 2. The van der Waals surface area contributed by atoms with E-state index in [4.69, 9.17) is 5.73 Å². The Morgan fingerprint density at radius 2 is 1.89 bits per heavy atom. The monoisotopic (exact) mass is 389 g/mol. The van der Waals surface area contributed by atoms with Crippen molar-refractivity contribution < 1.29 is 17.9 Å². The van der Waals surface area contributed by atoms with Gasteiger partial charge in [-0.05, 0) is 41.5 Å². The number of hydrogen-bond acceptors (Lipinski definition) is 3. The lowest BCUT2D eigenvalue weighted by Crippen LogP contribution is -2.31. The summed E-state index contributed by atoms with van der Waals surface area (Å²) < 4.78 is 42.0. The number of nitrogens with two attached hydrogens (primary N) is 1. The summed E-state index contributed by atoms with van der Waals surface area (Å²) in [5.74, 6) is -0.0323. The van der Waals surface area contributed by atoms with Crippen molar-refractivity contribution in [1.29, 1.82) is 0 Å². The molecule has 1 aromatic heterocycles. The maximum Gasteiger partial charge on any atom is 0.573 e. The molecule has 0 aliphatic carbocycles. The Bertz CT molecular complexity index is 921. The van der Waals surface area contributed by atoms with Crippen molar-refractivity contribution in [2.45, 2.75) is 19.5 Å². The molecule has 0 radical (unpaired) electrons. The molecule has 0 saturated heterocycles. The first-order valence-electron chi connectivity index (χ1n) is 8.36. The third kappa shape index (κ3) is 5.76. The van der Waals surface area contributed by atoms with Crippen LogP contribution in [0.5, 0.6) is 5.75 Å². The molecule has 0 saturated carbocycles. The first-order valence-corrected chi connectivity index (χ1v) is 8.36. The third-order valence-corrected chi connectivity index (χ3v) is 3.74. The molecule has 28 heavy (non-hydrogen) atoms. The van der Waals surface area contributed by atoms with Crippen molar-refractivity contribution in [3.63, 3.8) is 0 Å². The van der Waals surface area contributed by atoms with Gasteiger partial charge in [-0.25, -0.2) is 9.67 Å². The lowest BCUT2D eigenvalue weighted by molar-refractivity contribution is -0.274. The summed E-state index contributed by atoms with van der Waals surface area (Å²) in [4.78, 5) is 4.28. The molecule has 3 N–H and O–H groups in total. The summed E-state index contributed by atoms with van der Waals surface area (Å²) in [6, 6.07) is 15.1. The highest BCUT2D eigenvalue weighted by molar-refractivity contribution is 5.77. The minimum atomic E-state index is -4.70. The van der Waals surface area contributed by atoms with Gasteiger partial charge in [-0.3, -0.25) is 0 Å². The second kappa shape index (κ2) is 8.47. The molecule has 0 unspecified atom stereocenters. The fourth-order valence-electron chi connectivity index (χ4n) is 2.45. The van der Waals surface area contributed by atoms with Gasteiger partial charge in [0.2, 0.25) is 0 Å². The SMILES string of the molecule is NC(=NCc1cccc(-n2cccn2)c1)NCc1ccc(OC(F)(F)F)cc1. The number of aliphatic imine (C=N–C) groups is 1. The van der Waals surface area contributed by atoms with Crippen molar-refractivity contribution in [3.8, 4) is 11.4 Å². The highest BCUT2D eigenvalue weighted by Gasteiger charge is 2.30. The third-order valence-electron chi connectivity index (χ3n) is 3.74. The number of benzene rings is 2. The molecule has 0 fully saturated rings. The Morgan fingerprint density at radius 3 is 2.57 bits per heavy atom. The highest BCUT2D eigenvalue weighted by Crippen LogP contribution is 2.22. The number of ether oxygens (including phenoxy) is 1. The molecular formula is C19H18F3N5O. The summed E-state index contributed by atoms with van der Waals surface area (Å²) in [5, 5.41) is 7.11. The quantitative estimate of drug-likeness (QED) is 0.501. The standard InChI is InChI=1S/C19H18F3N5O/c20-19(21,22)28-17-7-5-14(6-8-17)12-24-18(23)25-13-15-3-1-4-16(11-15)27-10-2-9-26-27/h1-11H,12-13H2,(H3,23,24,25). The Labute approximate surface area is 159 Å². The van der Waals surface area contributed by atoms with Crippen LogP contribution < -0.4 is 15.8 Å². The number of guanidine groups is 1. The molecule has 2 aromatic carbocycles. The van der Waals surface area contributed by atoms with Crippen LogP contribution in [0.2, 0.25) is 0 Å². The first kappa shape index (κ1) is 19.3. The van der Waals surface area contributed by atoms with Crippen LogP contribution in [0.25, 0.3) is 5.69 Å². The van der Waals surface area contributed by atoms with Crippen molar-refractivity contribution >= 4 is 5.96 Å². The van der Waals surface area contributed by atoms with Gasteiger partial charge >= 0.3 is 6.36 Å². The predicted molar refractivity (Wildman–Crippen MR) is 98.9 cm³/mol. The second-order valence-electron chi connectivity index (χ2n) is 5.87. The lowest BCUT2D eigenvalue weighted by atomic mass is 10.2. The molecule has 0 bridgehead atoms. The molecule has 0 amide bonds. The van der Waals surface area contributed by atoms with Gasteiger partial charge in [0.05, 0.1) is 12.2 Å². The molecule has 3 aromatic rings.